The second-order valence-electron chi connectivity index (χ2n) is 4.24. The molecule has 0 saturated carbocycles. The van der Waals surface area contributed by atoms with Crippen LogP contribution in [0.3, 0.4) is 0 Å². The average Bonchev–Trinajstić information content (AvgIpc) is 2.33. The molecule has 4 nitrogen and oxygen atoms in total. The first kappa shape index (κ1) is 11.1. The molecule has 86 valence electrons. The van der Waals surface area contributed by atoms with Crippen molar-refractivity contribution in [3.05, 3.63) is 24.0 Å². The lowest BCUT2D eigenvalue weighted by Crippen LogP contribution is -2.32. The van der Waals surface area contributed by atoms with Crippen molar-refractivity contribution in [3.63, 3.8) is 0 Å². The van der Waals surface area contributed by atoms with Crippen molar-refractivity contribution < 1.29 is 4.79 Å². The standard InChI is InChI=1S/C12H17N3O/c13-11-3-6-15-8-10(11)7-12(16)9-1-4-14-5-2-9/h3,6,8-9,14H,1-2,4-5,7H2,(H2,13,15). The summed E-state index contributed by atoms with van der Waals surface area (Å²) in [5.74, 6) is 0.488. The number of nitrogens with zero attached hydrogens (tertiary/aromatic N) is 1. The molecule has 0 atom stereocenters. The van der Waals surface area contributed by atoms with E-state index < -0.39 is 0 Å². The lowest BCUT2D eigenvalue weighted by Gasteiger charge is -2.21. The van der Waals surface area contributed by atoms with Gasteiger partial charge < -0.3 is 11.1 Å². The fraction of sp³-hybridized carbons (Fsp3) is 0.500. The van der Waals surface area contributed by atoms with Gasteiger partial charge in [-0.15, -0.1) is 0 Å². The first-order chi connectivity index (χ1) is 7.77. The molecule has 0 unspecified atom stereocenters. The van der Waals surface area contributed by atoms with Crippen molar-refractivity contribution >= 4 is 11.5 Å². The minimum absolute atomic E-state index is 0.195. The van der Waals surface area contributed by atoms with Crippen LogP contribution in [0.1, 0.15) is 18.4 Å². The van der Waals surface area contributed by atoms with Gasteiger partial charge in [0.1, 0.15) is 5.78 Å². The zero-order valence-electron chi connectivity index (χ0n) is 9.28. The van der Waals surface area contributed by atoms with E-state index in [-0.39, 0.29) is 5.92 Å². The molecular weight excluding hydrogens is 202 g/mol. The molecule has 0 radical (unpaired) electrons. The maximum Gasteiger partial charge on any atom is 0.140 e. The third kappa shape index (κ3) is 2.58. The Bertz CT molecular complexity index is 372. The van der Waals surface area contributed by atoms with Gasteiger partial charge in [0.15, 0.2) is 0 Å². The highest BCUT2D eigenvalue weighted by molar-refractivity contribution is 5.84. The second kappa shape index (κ2) is 5.07. The van der Waals surface area contributed by atoms with Gasteiger partial charge >= 0.3 is 0 Å². The lowest BCUT2D eigenvalue weighted by atomic mass is 9.90. The van der Waals surface area contributed by atoms with Gasteiger partial charge in [-0.25, -0.2) is 0 Å². The third-order valence-electron chi connectivity index (χ3n) is 3.10. The van der Waals surface area contributed by atoms with Crippen LogP contribution in [0.5, 0.6) is 0 Å². The largest absolute Gasteiger partial charge is 0.398 e. The average molecular weight is 219 g/mol. The van der Waals surface area contributed by atoms with Crippen molar-refractivity contribution in [3.8, 4) is 0 Å². The fourth-order valence-electron chi connectivity index (χ4n) is 2.06. The van der Waals surface area contributed by atoms with E-state index in [9.17, 15) is 4.79 Å². The predicted molar refractivity (Wildman–Crippen MR) is 63.0 cm³/mol. The number of nitrogen functional groups attached to an aromatic ring is 1. The zero-order chi connectivity index (χ0) is 11.4. The van der Waals surface area contributed by atoms with Crippen LogP contribution in [0.15, 0.2) is 18.5 Å². The topological polar surface area (TPSA) is 68.0 Å². The van der Waals surface area contributed by atoms with Crippen LogP contribution in [0.2, 0.25) is 0 Å². The SMILES string of the molecule is Nc1ccncc1CC(=O)C1CCNCC1. The van der Waals surface area contributed by atoms with E-state index in [4.69, 9.17) is 5.73 Å². The number of hydrogen-bond acceptors (Lipinski definition) is 4. The molecule has 1 aliphatic heterocycles. The van der Waals surface area contributed by atoms with Crippen LogP contribution in [0.25, 0.3) is 0 Å². The molecule has 2 heterocycles. The number of piperidine rings is 1. The maximum atomic E-state index is 12.0. The van der Waals surface area contributed by atoms with Gasteiger partial charge in [-0.1, -0.05) is 0 Å². The number of nitrogens with two attached hydrogens (primary N) is 1. The smallest absolute Gasteiger partial charge is 0.140 e. The summed E-state index contributed by atoms with van der Waals surface area (Å²) in [6.07, 6.45) is 5.64. The highest BCUT2D eigenvalue weighted by Gasteiger charge is 2.21. The van der Waals surface area contributed by atoms with E-state index in [1.807, 2.05) is 0 Å². The molecule has 0 aliphatic carbocycles. The van der Waals surface area contributed by atoms with E-state index in [1.54, 1.807) is 18.5 Å². The Hall–Kier alpha value is -1.42. The van der Waals surface area contributed by atoms with E-state index in [0.717, 1.165) is 31.5 Å². The van der Waals surface area contributed by atoms with Gasteiger partial charge in [0, 0.05) is 36.0 Å². The molecule has 0 bridgehead atoms. The molecule has 1 fully saturated rings. The summed E-state index contributed by atoms with van der Waals surface area (Å²) in [7, 11) is 0. The highest BCUT2D eigenvalue weighted by atomic mass is 16.1. The number of Topliss-reactive ketones (excluding diaryl/α,β-unsaturated/α-hetero) is 1. The molecule has 1 aliphatic rings. The number of carbonyl (C=O) groups is 1. The van der Waals surface area contributed by atoms with Gasteiger partial charge in [-0.05, 0) is 32.0 Å². The van der Waals surface area contributed by atoms with Crippen molar-refractivity contribution in [2.75, 3.05) is 18.8 Å². The van der Waals surface area contributed by atoms with E-state index in [0.29, 0.717) is 17.9 Å². The minimum Gasteiger partial charge on any atom is -0.398 e. The molecule has 0 amide bonds. The number of aromatic nitrogens is 1. The van der Waals surface area contributed by atoms with Crippen molar-refractivity contribution in [1.82, 2.24) is 10.3 Å². The van der Waals surface area contributed by atoms with Gasteiger partial charge in [-0.2, -0.15) is 0 Å². The fourth-order valence-corrected chi connectivity index (χ4v) is 2.06. The molecular formula is C12H17N3O. The Kier molecular flexibility index (Phi) is 3.51. The first-order valence-electron chi connectivity index (χ1n) is 5.69. The van der Waals surface area contributed by atoms with Gasteiger partial charge in [0.2, 0.25) is 0 Å². The summed E-state index contributed by atoms with van der Waals surface area (Å²) < 4.78 is 0. The number of carbonyl (C=O) groups excluding carboxylic acids is 1. The van der Waals surface area contributed by atoms with Gasteiger partial charge in [-0.3, -0.25) is 9.78 Å². The van der Waals surface area contributed by atoms with Crippen LogP contribution in [0.4, 0.5) is 5.69 Å². The monoisotopic (exact) mass is 219 g/mol. The molecule has 4 heteroatoms. The summed E-state index contributed by atoms with van der Waals surface area (Å²) in [5, 5.41) is 3.26. The molecule has 1 saturated heterocycles. The third-order valence-corrected chi connectivity index (χ3v) is 3.10. The Morgan fingerprint density at radius 3 is 2.94 bits per heavy atom. The maximum absolute atomic E-state index is 12.0. The van der Waals surface area contributed by atoms with Crippen molar-refractivity contribution in [2.24, 2.45) is 5.92 Å². The molecule has 1 aromatic rings. The van der Waals surface area contributed by atoms with Crippen LogP contribution in [0, 0.1) is 5.92 Å². The molecule has 3 N–H and O–H groups in total. The van der Waals surface area contributed by atoms with Crippen molar-refractivity contribution in [2.45, 2.75) is 19.3 Å². The number of nitrogens with one attached hydrogen (secondary N) is 1. The Balaban J connectivity index is 1.99. The highest BCUT2D eigenvalue weighted by Crippen LogP contribution is 2.17. The van der Waals surface area contributed by atoms with E-state index in [1.165, 1.54) is 0 Å². The summed E-state index contributed by atoms with van der Waals surface area (Å²) in [4.78, 5) is 16.0. The molecule has 0 aromatic carbocycles. The van der Waals surface area contributed by atoms with E-state index in [2.05, 4.69) is 10.3 Å². The quantitative estimate of drug-likeness (QED) is 0.788. The van der Waals surface area contributed by atoms with Crippen LogP contribution in [-0.2, 0) is 11.2 Å². The molecule has 0 spiro atoms. The Morgan fingerprint density at radius 2 is 2.25 bits per heavy atom. The molecule has 16 heavy (non-hydrogen) atoms. The second-order valence-corrected chi connectivity index (χ2v) is 4.24. The van der Waals surface area contributed by atoms with Crippen LogP contribution in [-0.4, -0.2) is 23.9 Å². The van der Waals surface area contributed by atoms with Crippen LogP contribution < -0.4 is 11.1 Å². The van der Waals surface area contributed by atoms with Crippen molar-refractivity contribution in [1.29, 1.82) is 0 Å². The van der Waals surface area contributed by atoms with Gasteiger partial charge in [0.05, 0.1) is 0 Å². The number of rotatable bonds is 3. The van der Waals surface area contributed by atoms with Crippen LogP contribution >= 0.6 is 0 Å². The normalized spacial score (nSPS) is 17.2. The summed E-state index contributed by atoms with van der Waals surface area (Å²) >= 11 is 0. The van der Waals surface area contributed by atoms with E-state index >= 15 is 0 Å². The predicted octanol–water partition coefficient (Wildman–Crippen LogP) is 0.775. The molecule has 1 aromatic heterocycles. The Morgan fingerprint density at radius 1 is 1.50 bits per heavy atom. The lowest BCUT2D eigenvalue weighted by molar-refractivity contribution is -0.122. The molecule has 2 rings (SSSR count). The minimum atomic E-state index is 0.195. The van der Waals surface area contributed by atoms with Gasteiger partial charge in [0.25, 0.3) is 0 Å². The zero-order valence-corrected chi connectivity index (χ0v) is 9.28. The number of pyridine rings is 1. The number of anilines is 1. The summed E-state index contributed by atoms with van der Waals surface area (Å²) in [6.45, 7) is 1.89. The first-order valence-corrected chi connectivity index (χ1v) is 5.69. The Labute approximate surface area is 95.3 Å². The number of ketones is 1. The summed E-state index contributed by atoms with van der Waals surface area (Å²) in [5.41, 5.74) is 7.31. The number of hydrogen-bond donors (Lipinski definition) is 2. The summed E-state index contributed by atoms with van der Waals surface area (Å²) in [6, 6.07) is 1.74.